The number of aryl methyl sites for hydroxylation is 1. The van der Waals surface area contributed by atoms with E-state index >= 15 is 0 Å². The molecule has 0 radical (unpaired) electrons. The third kappa shape index (κ3) is 5.82. The van der Waals surface area contributed by atoms with Crippen LogP contribution in [0.25, 0.3) is 0 Å². The van der Waals surface area contributed by atoms with E-state index < -0.39 is 10.0 Å². The van der Waals surface area contributed by atoms with Gasteiger partial charge in [-0.05, 0) is 54.8 Å². The normalized spacial score (nSPS) is 16.5. The van der Waals surface area contributed by atoms with Gasteiger partial charge in [0.15, 0.2) is 0 Å². The van der Waals surface area contributed by atoms with E-state index in [0.717, 1.165) is 24.9 Å². The Morgan fingerprint density at radius 2 is 1.56 bits per heavy atom. The van der Waals surface area contributed by atoms with Crippen LogP contribution in [-0.4, -0.2) is 50.3 Å². The highest BCUT2D eigenvalue weighted by atomic mass is 32.2. The average molecular weight is 394 g/mol. The number of halogens is 2. The molecule has 2 aromatic rings. The maximum atomic E-state index is 13.2. The van der Waals surface area contributed by atoms with Gasteiger partial charge >= 0.3 is 0 Å². The van der Waals surface area contributed by atoms with Crippen LogP contribution in [0, 0.1) is 11.6 Å². The summed E-state index contributed by atoms with van der Waals surface area (Å²) in [6.07, 6.45) is 1.71. The molecule has 1 aliphatic heterocycles. The average Bonchev–Trinajstić information content (AvgIpc) is 2.64. The lowest BCUT2D eigenvalue weighted by Crippen LogP contribution is -2.49. The minimum atomic E-state index is -3.40. The van der Waals surface area contributed by atoms with Crippen molar-refractivity contribution in [1.29, 1.82) is 0 Å². The van der Waals surface area contributed by atoms with Crippen molar-refractivity contribution >= 4 is 10.0 Å². The standard InChI is InChI=1S/C20H24F2N2O2S/c21-19-8-6-18(7-9-19)16-27(25,26)24-13-11-23(12-14-24)10-2-4-17-3-1-5-20(22)15-17/h1,3,5-9,15H,2,4,10-14,16H2. The lowest BCUT2D eigenvalue weighted by Gasteiger charge is -2.34. The molecule has 1 saturated heterocycles. The Balaban J connectivity index is 1.44. The van der Waals surface area contributed by atoms with Crippen LogP contribution in [-0.2, 0) is 22.2 Å². The Labute approximate surface area is 159 Å². The highest BCUT2D eigenvalue weighted by Crippen LogP contribution is 2.15. The zero-order valence-corrected chi connectivity index (χ0v) is 16.0. The highest BCUT2D eigenvalue weighted by Gasteiger charge is 2.26. The van der Waals surface area contributed by atoms with Gasteiger partial charge in [0.2, 0.25) is 10.0 Å². The molecule has 1 aliphatic rings. The molecule has 0 bridgehead atoms. The summed E-state index contributed by atoms with van der Waals surface area (Å²) in [6.45, 7) is 3.16. The zero-order chi connectivity index (χ0) is 19.3. The van der Waals surface area contributed by atoms with E-state index in [1.807, 2.05) is 6.07 Å². The van der Waals surface area contributed by atoms with Crippen LogP contribution in [0.3, 0.4) is 0 Å². The summed E-state index contributed by atoms with van der Waals surface area (Å²) in [4.78, 5) is 2.24. The summed E-state index contributed by atoms with van der Waals surface area (Å²) < 4.78 is 52.8. The summed E-state index contributed by atoms with van der Waals surface area (Å²) in [7, 11) is -3.40. The van der Waals surface area contributed by atoms with Gasteiger partial charge in [-0.15, -0.1) is 0 Å². The van der Waals surface area contributed by atoms with Crippen LogP contribution in [0.5, 0.6) is 0 Å². The first kappa shape index (κ1) is 19.9. The minimum Gasteiger partial charge on any atom is -0.301 e. The SMILES string of the molecule is O=S(=O)(Cc1ccc(F)cc1)N1CCN(CCCc2cccc(F)c2)CC1. The lowest BCUT2D eigenvalue weighted by atomic mass is 10.1. The molecule has 146 valence electrons. The Kier molecular flexibility index (Phi) is 6.57. The Morgan fingerprint density at radius 3 is 2.22 bits per heavy atom. The third-order valence-electron chi connectivity index (χ3n) is 4.82. The molecule has 2 aromatic carbocycles. The van der Waals surface area contributed by atoms with E-state index in [-0.39, 0.29) is 17.4 Å². The second kappa shape index (κ2) is 8.91. The van der Waals surface area contributed by atoms with Crippen LogP contribution in [0.4, 0.5) is 8.78 Å². The lowest BCUT2D eigenvalue weighted by molar-refractivity contribution is 0.186. The van der Waals surface area contributed by atoms with Gasteiger partial charge in [0.25, 0.3) is 0 Å². The van der Waals surface area contributed by atoms with Crippen molar-refractivity contribution in [2.24, 2.45) is 0 Å². The van der Waals surface area contributed by atoms with Gasteiger partial charge in [-0.2, -0.15) is 4.31 Å². The summed E-state index contributed by atoms with van der Waals surface area (Å²) in [5.41, 5.74) is 1.57. The molecule has 0 amide bonds. The Morgan fingerprint density at radius 1 is 0.852 bits per heavy atom. The molecule has 4 nitrogen and oxygen atoms in total. The molecule has 0 N–H and O–H groups in total. The molecule has 0 spiro atoms. The number of benzene rings is 2. The van der Waals surface area contributed by atoms with E-state index in [0.29, 0.717) is 31.7 Å². The van der Waals surface area contributed by atoms with E-state index in [1.54, 1.807) is 12.1 Å². The summed E-state index contributed by atoms with van der Waals surface area (Å²) >= 11 is 0. The van der Waals surface area contributed by atoms with Crippen LogP contribution in [0.15, 0.2) is 48.5 Å². The van der Waals surface area contributed by atoms with Crippen LogP contribution in [0.2, 0.25) is 0 Å². The molecule has 0 saturated carbocycles. The van der Waals surface area contributed by atoms with Crippen molar-refractivity contribution in [2.45, 2.75) is 18.6 Å². The van der Waals surface area contributed by atoms with E-state index in [2.05, 4.69) is 4.90 Å². The third-order valence-corrected chi connectivity index (χ3v) is 6.67. The zero-order valence-electron chi connectivity index (χ0n) is 15.2. The number of sulfonamides is 1. The molecular formula is C20H24F2N2O2S. The molecule has 0 aliphatic carbocycles. The molecule has 27 heavy (non-hydrogen) atoms. The second-order valence-electron chi connectivity index (χ2n) is 6.86. The fourth-order valence-corrected chi connectivity index (χ4v) is 4.83. The largest absolute Gasteiger partial charge is 0.301 e. The predicted octanol–water partition coefficient (Wildman–Crippen LogP) is 3.05. The molecular weight excluding hydrogens is 370 g/mol. The van der Waals surface area contributed by atoms with Crippen molar-refractivity contribution in [3.05, 3.63) is 71.3 Å². The van der Waals surface area contributed by atoms with Crippen molar-refractivity contribution in [2.75, 3.05) is 32.7 Å². The van der Waals surface area contributed by atoms with Crippen molar-refractivity contribution in [1.82, 2.24) is 9.21 Å². The molecule has 3 rings (SSSR count). The van der Waals surface area contributed by atoms with Crippen LogP contribution in [0.1, 0.15) is 17.5 Å². The molecule has 0 unspecified atom stereocenters. The van der Waals surface area contributed by atoms with Gasteiger partial charge in [0.1, 0.15) is 11.6 Å². The van der Waals surface area contributed by atoms with Gasteiger partial charge in [-0.3, -0.25) is 0 Å². The van der Waals surface area contributed by atoms with Crippen LogP contribution >= 0.6 is 0 Å². The second-order valence-corrected chi connectivity index (χ2v) is 8.83. The minimum absolute atomic E-state index is 0.104. The number of hydrogen-bond donors (Lipinski definition) is 0. The Hall–Kier alpha value is -1.83. The molecule has 1 heterocycles. The van der Waals surface area contributed by atoms with E-state index in [9.17, 15) is 17.2 Å². The van der Waals surface area contributed by atoms with Gasteiger partial charge in [0, 0.05) is 26.2 Å². The quantitative estimate of drug-likeness (QED) is 0.725. The van der Waals surface area contributed by atoms with Gasteiger partial charge < -0.3 is 4.90 Å². The maximum Gasteiger partial charge on any atom is 0.218 e. The number of piperazine rings is 1. The maximum absolute atomic E-state index is 13.2. The van der Waals surface area contributed by atoms with E-state index in [4.69, 9.17) is 0 Å². The van der Waals surface area contributed by atoms with Gasteiger partial charge in [0.05, 0.1) is 5.75 Å². The Bertz CT molecular complexity index is 849. The number of hydrogen-bond acceptors (Lipinski definition) is 3. The molecule has 0 aromatic heterocycles. The smallest absolute Gasteiger partial charge is 0.218 e. The molecule has 7 heteroatoms. The number of rotatable bonds is 7. The van der Waals surface area contributed by atoms with Crippen molar-refractivity contribution in [3.8, 4) is 0 Å². The van der Waals surface area contributed by atoms with Gasteiger partial charge in [-0.1, -0.05) is 24.3 Å². The highest BCUT2D eigenvalue weighted by molar-refractivity contribution is 7.88. The first-order valence-corrected chi connectivity index (χ1v) is 10.7. The molecule has 0 atom stereocenters. The monoisotopic (exact) mass is 394 g/mol. The fraction of sp³-hybridized carbons (Fsp3) is 0.400. The van der Waals surface area contributed by atoms with E-state index in [1.165, 1.54) is 34.6 Å². The topological polar surface area (TPSA) is 40.6 Å². The summed E-state index contributed by atoms with van der Waals surface area (Å²) in [6, 6.07) is 12.2. The molecule has 1 fully saturated rings. The first-order valence-electron chi connectivity index (χ1n) is 9.11. The summed E-state index contributed by atoms with van der Waals surface area (Å²) in [5.74, 6) is -0.692. The predicted molar refractivity (Wildman–Crippen MR) is 102 cm³/mol. The van der Waals surface area contributed by atoms with Crippen molar-refractivity contribution < 1.29 is 17.2 Å². The van der Waals surface area contributed by atoms with Gasteiger partial charge in [-0.25, -0.2) is 17.2 Å². The van der Waals surface area contributed by atoms with Crippen molar-refractivity contribution in [3.63, 3.8) is 0 Å². The summed E-state index contributed by atoms with van der Waals surface area (Å²) in [5, 5.41) is 0. The number of nitrogens with zero attached hydrogens (tertiary/aromatic N) is 2. The first-order chi connectivity index (χ1) is 12.9. The fourth-order valence-electron chi connectivity index (χ4n) is 3.31. The van der Waals surface area contributed by atoms with Crippen LogP contribution < -0.4 is 0 Å².